The van der Waals surface area contributed by atoms with Crippen LogP contribution in [0.3, 0.4) is 0 Å². The van der Waals surface area contributed by atoms with Crippen LogP contribution in [-0.4, -0.2) is 29.8 Å². The summed E-state index contributed by atoms with van der Waals surface area (Å²) in [7, 11) is 0. The number of carbonyl (C=O) groups is 2. The van der Waals surface area contributed by atoms with Crippen molar-refractivity contribution < 1.29 is 9.59 Å². The molecule has 1 saturated heterocycles. The monoisotopic (exact) mass is 337 g/mol. The summed E-state index contributed by atoms with van der Waals surface area (Å²) < 4.78 is 0. The van der Waals surface area contributed by atoms with Gasteiger partial charge in [-0.25, -0.2) is 0 Å². The SMILES string of the molecule is Cc1c(NC(=O)Cc2ccc(N)cc2)cccc1C(=O)N1CCCC1. The summed E-state index contributed by atoms with van der Waals surface area (Å²) in [6.07, 6.45) is 2.38. The highest BCUT2D eigenvalue weighted by molar-refractivity contribution is 5.99. The number of hydrogen-bond donors (Lipinski definition) is 2. The van der Waals surface area contributed by atoms with Gasteiger partial charge < -0.3 is 16.0 Å². The second-order valence-corrected chi connectivity index (χ2v) is 6.44. The highest BCUT2D eigenvalue weighted by Crippen LogP contribution is 2.22. The minimum atomic E-state index is -0.112. The van der Waals surface area contributed by atoms with E-state index in [-0.39, 0.29) is 18.2 Å². The quantitative estimate of drug-likeness (QED) is 0.842. The Labute approximate surface area is 147 Å². The smallest absolute Gasteiger partial charge is 0.254 e. The molecule has 5 nitrogen and oxygen atoms in total. The molecular formula is C20H23N3O2. The second-order valence-electron chi connectivity index (χ2n) is 6.44. The molecular weight excluding hydrogens is 314 g/mol. The summed E-state index contributed by atoms with van der Waals surface area (Å²) in [5, 5.41) is 2.92. The molecule has 0 aromatic heterocycles. The Morgan fingerprint density at radius 3 is 2.44 bits per heavy atom. The molecule has 2 aromatic rings. The normalized spacial score (nSPS) is 13.7. The number of rotatable bonds is 4. The zero-order chi connectivity index (χ0) is 17.8. The number of nitrogens with two attached hydrogens (primary N) is 1. The predicted molar refractivity (Wildman–Crippen MR) is 99.5 cm³/mol. The van der Waals surface area contributed by atoms with Crippen LogP contribution in [0.5, 0.6) is 0 Å². The molecule has 0 spiro atoms. The molecule has 3 rings (SSSR count). The first kappa shape index (κ1) is 17.0. The summed E-state index contributed by atoms with van der Waals surface area (Å²) in [6.45, 7) is 3.50. The van der Waals surface area contributed by atoms with Gasteiger partial charge in [0.25, 0.3) is 5.91 Å². The lowest BCUT2D eigenvalue weighted by Crippen LogP contribution is -2.28. The van der Waals surface area contributed by atoms with Crippen LogP contribution in [0.2, 0.25) is 0 Å². The van der Waals surface area contributed by atoms with E-state index in [1.54, 1.807) is 12.1 Å². The van der Waals surface area contributed by atoms with Crippen LogP contribution in [0, 0.1) is 6.92 Å². The van der Waals surface area contributed by atoms with Gasteiger partial charge in [0.05, 0.1) is 6.42 Å². The number of nitrogens with zero attached hydrogens (tertiary/aromatic N) is 1. The van der Waals surface area contributed by atoms with Crippen molar-refractivity contribution in [2.75, 3.05) is 24.1 Å². The Kier molecular flexibility index (Phi) is 5.03. The van der Waals surface area contributed by atoms with E-state index in [4.69, 9.17) is 5.73 Å². The van der Waals surface area contributed by atoms with Crippen LogP contribution in [0.15, 0.2) is 42.5 Å². The standard InChI is InChI=1S/C20H23N3O2/c1-14-17(20(25)23-11-2-3-12-23)5-4-6-18(14)22-19(24)13-15-7-9-16(21)10-8-15/h4-10H,2-3,11-13,21H2,1H3,(H,22,24). The number of nitrogens with one attached hydrogen (secondary N) is 1. The minimum absolute atomic E-state index is 0.0460. The van der Waals surface area contributed by atoms with Crippen molar-refractivity contribution in [1.29, 1.82) is 0 Å². The average molecular weight is 337 g/mol. The van der Waals surface area contributed by atoms with E-state index in [9.17, 15) is 9.59 Å². The maximum Gasteiger partial charge on any atom is 0.254 e. The summed E-state index contributed by atoms with van der Waals surface area (Å²) >= 11 is 0. The van der Waals surface area contributed by atoms with Gasteiger partial charge in [-0.2, -0.15) is 0 Å². The highest BCUT2D eigenvalue weighted by Gasteiger charge is 2.22. The maximum absolute atomic E-state index is 12.6. The maximum atomic E-state index is 12.6. The van der Waals surface area contributed by atoms with Crippen LogP contribution in [0.1, 0.15) is 34.3 Å². The van der Waals surface area contributed by atoms with Crippen molar-refractivity contribution in [3.8, 4) is 0 Å². The van der Waals surface area contributed by atoms with Gasteiger partial charge in [0.1, 0.15) is 0 Å². The summed E-state index contributed by atoms with van der Waals surface area (Å²) in [5.74, 6) is -0.0664. The lowest BCUT2D eigenvalue weighted by Gasteiger charge is -2.18. The van der Waals surface area contributed by atoms with Gasteiger partial charge >= 0.3 is 0 Å². The van der Waals surface area contributed by atoms with Crippen LogP contribution in [0.4, 0.5) is 11.4 Å². The van der Waals surface area contributed by atoms with Gasteiger partial charge in [0.2, 0.25) is 5.91 Å². The fourth-order valence-electron chi connectivity index (χ4n) is 3.11. The largest absolute Gasteiger partial charge is 0.399 e. The van der Waals surface area contributed by atoms with E-state index in [2.05, 4.69) is 5.32 Å². The molecule has 25 heavy (non-hydrogen) atoms. The van der Waals surface area contributed by atoms with Crippen LogP contribution >= 0.6 is 0 Å². The molecule has 0 radical (unpaired) electrons. The zero-order valence-corrected chi connectivity index (χ0v) is 14.4. The van der Waals surface area contributed by atoms with Crippen LogP contribution in [-0.2, 0) is 11.2 Å². The van der Waals surface area contributed by atoms with E-state index in [0.717, 1.165) is 37.1 Å². The average Bonchev–Trinajstić information content (AvgIpc) is 3.13. The van der Waals surface area contributed by atoms with Crippen molar-refractivity contribution in [2.24, 2.45) is 0 Å². The third-order valence-electron chi connectivity index (χ3n) is 4.58. The molecule has 2 aromatic carbocycles. The molecule has 0 atom stereocenters. The third-order valence-corrected chi connectivity index (χ3v) is 4.58. The first-order chi connectivity index (χ1) is 12.0. The number of nitrogen functional groups attached to an aromatic ring is 1. The number of likely N-dealkylation sites (tertiary alicyclic amines) is 1. The Balaban J connectivity index is 1.71. The Morgan fingerprint density at radius 1 is 1.08 bits per heavy atom. The van der Waals surface area contributed by atoms with E-state index < -0.39 is 0 Å². The van der Waals surface area contributed by atoms with Gasteiger partial charge in [-0.05, 0) is 55.2 Å². The number of anilines is 2. The molecule has 1 heterocycles. The molecule has 1 aliphatic rings. The Hall–Kier alpha value is -2.82. The second kappa shape index (κ2) is 7.38. The van der Waals surface area contributed by atoms with Gasteiger partial charge in [-0.15, -0.1) is 0 Å². The molecule has 0 saturated carbocycles. The molecule has 130 valence electrons. The predicted octanol–water partition coefficient (Wildman–Crippen LogP) is 2.99. The zero-order valence-electron chi connectivity index (χ0n) is 14.4. The lowest BCUT2D eigenvalue weighted by molar-refractivity contribution is -0.115. The lowest BCUT2D eigenvalue weighted by atomic mass is 10.0. The fraction of sp³-hybridized carbons (Fsp3) is 0.300. The van der Waals surface area contributed by atoms with Crippen molar-refractivity contribution in [3.63, 3.8) is 0 Å². The van der Waals surface area contributed by atoms with E-state index in [0.29, 0.717) is 16.9 Å². The topological polar surface area (TPSA) is 75.4 Å². The molecule has 0 bridgehead atoms. The molecule has 1 fully saturated rings. The Morgan fingerprint density at radius 2 is 1.76 bits per heavy atom. The van der Waals surface area contributed by atoms with Crippen molar-refractivity contribution in [3.05, 3.63) is 59.2 Å². The van der Waals surface area contributed by atoms with Gasteiger partial charge in [0, 0.05) is 30.0 Å². The van der Waals surface area contributed by atoms with Gasteiger partial charge in [-0.1, -0.05) is 18.2 Å². The number of amides is 2. The minimum Gasteiger partial charge on any atom is -0.399 e. The number of benzene rings is 2. The fourth-order valence-corrected chi connectivity index (χ4v) is 3.11. The van der Waals surface area contributed by atoms with Crippen LogP contribution < -0.4 is 11.1 Å². The molecule has 0 aliphatic carbocycles. The molecule has 5 heteroatoms. The van der Waals surface area contributed by atoms with E-state index in [1.807, 2.05) is 42.2 Å². The van der Waals surface area contributed by atoms with Gasteiger partial charge in [0.15, 0.2) is 0 Å². The summed E-state index contributed by atoms with van der Waals surface area (Å²) in [4.78, 5) is 26.8. The third kappa shape index (κ3) is 3.99. The molecule has 1 aliphatic heterocycles. The van der Waals surface area contributed by atoms with Crippen LogP contribution in [0.25, 0.3) is 0 Å². The number of carbonyl (C=O) groups excluding carboxylic acids is 2. The van der Waals surface area contributed by atoms with E-state index >= 15 is 0 Å². The first-order valence-corrected chi connectivity index (χ1v) is 8.58. The Bertz CT molecular complexity index is 778. The molecule has 2 amide bonds. The first-order valence-electron chi connectivity index (χ1n) is 8.58. The molecule has 3 N–H and O–H groups in total. The molecule has 0 unspecified atom stereocenters. The van der Waals surface area contributed by atoms with Crippen molar-refractivity contribution in [2.45, 2.75) is 26.2 Å². The van der Waals surface area contributed by atoms with Gasteiger partial charge in [-0.3, -0.25) is 9.59 Å². The number of hydrogen-bond acceptors (Lipinski definition) is 3. The summed E-state index contributed by atoms with van der Waals surface area (Å²) in [5.41, 5.74) is 9.39. The summed E-state index contributed by atoms with van der Waals surface area (Å²) in [6, 6.07) is 12.7. The highest BCUT2D eigenvalue weighted by atomic mass is 16.2. The van der Waals surface area contributed by atoms with Crippen molar-refractivity contribution in [1.82, 2.24) is 4.90 Å². The van der Waals surface area contributed by atoms with Crippen molar-refractivity contribution >= 4 is 23.2 Å². The van der Waals surface area contributed by atoms with E-state index in [1.165, 1.54) is 0 Å².